The van der Waals surface area contributed by atoms with Gasteiger partial charge in [0.05, 0.1) is 29.5 Å². The fourth-order valence-corrected chi connectivity index (χ4v) is 3.66. The first kappa shape index (κ1) is 14.9. The number of likely N-dealkylation sites (N-methyl/N-ethyl adjacent to an activating group) is 1. The van der Waals surface area contributed by atoms with Crippen LogP contribution in [-0.2, 0) is 15.8 Å². The minimum atomic E-state index is -3.50. The molecule has 0 aliphatic carbocycles. The van der Waals surface area contributed by atoms with Crippen molar-refractivity contribution in [3.05, 3.63) is 35.4 Å². The molecule has 0 bridgehead atoms. The van der Waals surface area contributed by atoms with Gasteiger partial charge in [-0.1, -0.05) is 12.1 Å². The highest BCUT2D eigenvalue weighted by Crippen LogP contribution is 2.16. The van der Waals surface area contributed by atoms with Gasteiger partial charge in [-0.2, -0.15) is 9.57 Å². The van der Waals surface area contributed by atoms with Gasteiger partial charge >= 0.3 is 0 Å². The van der Waals surface area contributed by atoms with Crippen LogP contribution in [0, 0.1) is 11.3 Å². The van der Waals surface area contributed by atoms with E-state index >= 15 is 0 Å². The van der Waals surface area contributed by atoms with Crippen LogP contribution >= 0.6 is 0 Å². The number of nitriles is 1. The Morgan fingerprint density at radius 2 is 2.05 bits per heavy atom. The molecular weight excluding hydrogens is 278 g/mol. The van der Waals surface area contributed by atoms with Gasteiger partial charge in [0.2, 0.25) is 10.0 Å². The second-order valence-electron chi connectivity index (χ2n) is 4.87. The average molecular weight is 295 g/mol. The van der Waals surface area contributed by atoms with Gasteiger partial charge < -0.3 is 10.4 Å². The van der Waals surface area contributed by atoms with E-state index in [2.05, 4.69) is 5.32 Å². The summed E-state index contributed by atoms with van der Waals surface area (Å²) in [5.74, 6) is -0.140. The van der Waals surface area contributed by atoms with E-state index in [9.17, 15) is 13.5 Å². The Morgan fingerprint density at radius 3 is 2.55 bits per heavy atom. The van der Waals surface area contributed by atoms with E-state index in [4.69, 9.17) is 5.26 Å². The van der Waals surface area contributed by atoms with Crippen LogP contribution in [0.3, 0.4) is 0 Å². The molecule has 1 fully saturated rings. The maximum Gasteiger partial charge on any atom is 0.218 e. The highest BCUT2D eigenvalue weighted by molar-refractivity contribution is 7.88. The predicted octanol–water partition coefficient (Wildman–Crippen LogP) is -0.347. The summed E-state index contributed by atoms with van der Waals surface area (Å²) in [6, 6.07) is 8.01. The summed E-state index contributed by atoms with van der Waals surface area (Å²) in [4.78, 5) is 0. The molecule has 1 saturated heterocycles. The van der Waals surface area contributed by atoms with E-state index in [0.29, 0.717) is 24.2 Å². The maximum absolute atomic E-state index is 12.3. The van der Waals surface area contributed by atoms with Crippen molar-refractivity contribution in [1.29, 1.82) is 5.26 Å². The fraction of sp³-hybridized carbons (Fsp3) is 0.462. The highest BCUT2D eigenvalue weighted by Gasteiger charge is 2.34. The van der Waals surface area contributed by atoms with Crippen molar-refractivity contribution in [3.8, 4) is 6.07 Å². The Morgan fingerprint density at radius 1 is 1.40 bits per heavy atom. The van der Waals surface area contributed by atoms with Crippen LogP contribution in [0.15, 0.2) is 24.3 Å². The van der Waals surface area contributed by atoms with Crippen molar-refractivity contribution in [2.75, 3.05) is 20.1 Å². The summed E-state index contributed by atoms with van der Waals surface area (Å²) in [6.45, 7) is 0.853. The SMILES string of the molecule is CN([C@H]1CNC[C@@H]1O)S(=O)(=O)Cc1ccc(C#N)cc1. The molecule has 0 saturated carbocycles. The number of hydrogen-bond acceptors (Lipinski definition) is 5. The third-order valence-corrected chi connectivity index (χ3v) is 5.34. The zero-order chi connectivity index (χ0) is 14.8. The summed E-state index contributed by atoms with van der Waals surface area (Å²) in [6.07, 6.45) is -0.685. The largest absolute Gasteiger partial charge is 0.390 e. The summed E-state index contributed by atoms with van der Waals surface area (Å²) < 4.78 is 25.9. The lowest BCUT2D eigenvalue weighted by molar-refractivity contribution is 0.136. The molecule has 2 rings (SSSR count). The maximum atomic E-state index is 12.3. The monoisotopic (exact) mass is 295 g/mol. The molecule has 7 heteroatoms. The Kier molecular flexibility index (Phi) is 4.40. The molecule has 6 nitrogen and oxygen atoms in total. The van der Waals surface area contributed by atoms with Gasteiger partial charge in [0, 0.05) is 20.1 Å². The smallest absolute Gasteiger partial charge is 0.218 e. The highest BCUT2D eigenvalue weighted by atomic mass is 32.2. The molecule has 2 atom stereocenters. The van der Waals surface area contributed by atoms with Gasteiger partial charge in [-0.25, -0.2) is 8.42 Å². The van der Waals surface area contributed by atoms with Gasteiger partial charge in [-0.3, -0.25) is 0 Å². The van der Waals surface area contributed by atoms with Crippen LogP contribution in [0.25, 0.3) is 0 Å². The molecule has 1 aromatic rings. The minimum Gasteiger partial charge on any atom is -0.390 e. The third-order valence-electron chi connectivity index (χ3n) is 3.49. The first-order chi connectivity index (χ1) is 9.44. The molecule has 108 valence electrons. The van der Waals surface area contributed by atoms with Crippen molar-refractivity contribution in [1.82, 2.24) is 9.62 Å². The van der Waals surface area contributed by atoms with E-state index in [0.717, 1.165) is 0 Å². The first-order valence-electron chi connectivity index (χ1n) is 6.27. The second-order valence-corrected chi connectivity index (χ2v) is 6.90. The Labute approximate surface area is 118 Å². The summed E-state index contributed by atoms with van der Waals surface area (Å²) in [7, 11) is -2.01. The Bertz CT molecular complexity index is 607. The van der Waals surface area contributed by atoms with E-state index in [1.807, 2.05) is 6.07 Å². The predicted molar refractivity (Wildman–Crippen MR) is 74.2 cm³/mol. The number of benzene rings is 1. The van der Waals surface area contributed by atoms with Crippen molar-refractivity contribution in [2.45, 2.75) is 17.9 Å². The number of nitrogens with one attached hydrogen (secondary N) is 1. The molecule has 2 N–H and O–H groups in total. The molecule has 0 spiro atoms. The number of β-amino-alcohol motifs (C(OH)–C–C–N with tert-alkyl or cyclic N) is 1. The van der Waals surface area contributed by atoms with E-state index < -0.39 is 22.2 Å². The fourth-order valence-electron chi connectivity index (χ4n) is 2.22. The van der Waals surface area contributed by atoms with Crippen molar-refractivity contribution < 1.29 is 13.5 Å². The molecule has 1 aliphatic rings. The Balaban J connectivity index is 2.12. The summed E-state index contributed by atoms with van der Waals surface area (Å²) in [5.41, 5.74) is 1.12. The van der Waals surface area contributed by atoms with Crippen LogP contribution in [0.2, 0.25) is 0 Å². The lowest BCUT2D eigenvalue weighted by atomic mass is 10.2. The number of sulfonamides is 1. The van der Waals surface area contributed by atoms with Gasteiger partial charge in [-0.05, 0) is 17.7 Å². The molecule has 1 heterocycles. The molecular formula is C13H17N3O3S. The zero-order valence-corrected chi connectivity index (χ0v) is 12.0. The summed E-state index contributed by atoms with van der Waals surface area (Å²) >= 11 is 0. The van der Waals surface area contributed by atoms with E-state index in [1.54, 1.807) is 24.3 Å². The van der Waals surface area contributed by atoms with Gasteiger partial charge in [0.1, 0.15) is 0 Å². The normalized spacial score (nSPS) is 22.9. The van der Waals surface area contributed by atoms with Crippen LogP contribution in [-0.4, -0.2) is 50.1 Å². The third kappa shape index (κ3) is 3.16. The van der Waals surface area contributed by atoms with E-state index in [-0.39, 0.29) is 5.75 Å². The molecule has 0 aromatic heterocycles. The van der Waals surface area contributed by atoms with Gasteiger partial charge in [0.25, 0.3) is 0 Å². The lowest BCUT2D eigenvalue weighted by Gasteiger charge is -2.25. The molecule has 0 unspecified atom stereocenters. The number of nitrogens with zero attached hydrogens (tertiary/aromatic N) is 2. The second kappa shape index (κ2) is 5.89. The molecule has 20 heavy (non-hydrogen) atoms. The van der Waals surface area contributed by atoms with Crippen molar-refractivity contribution in [2.24, 2.45) is 0 Å². The van der Waals surface area contributed by atoms with Crippen LogP contribution in [0.1, 0.15) is 11.1 Å². The van der Waals surface area contributed by atoms with Crippen LogP contribution in [0.4, 0.5) is 0 Å². The number of aliphatic hydroxyl groups excluding tert-OH is 1. The number of hydrogen-bond donors (Lipinski definition) is 2. The number of aliphatic hydroxyl groups is 1. The topological polar surface area (TPSA) is 93.4 Å². The summed E-state index contributed by atoms with van der Waals surface area (Å²) in [5, 5.41) is 21.4. The van der Waals surface area contributed by atoms with Crippen LogP contribution < -0.4 is 5.32 Å². The average Bonchev–Trinajstić information content (AvgIpc) is 2.84. The quantitative estimate of drug-likeness (QED) is 0.792. The molecule has 0 amide bonds. The lowest BCUT2D eigenvalue weighted by Crippen LogP contribution is -2.44. The van der Waals surface area contributed by atoms with Crippen molar-refractivity contribution >= 4 is 10.0 Å². The molecule has 1 aromatic carbocycles. The van der Waals surface area contributed by atoms with Gasteiger partial charge in [0.15, 0.2) is 0 Å². The first-order valence-corrected chi connectivity index (χ1v) is 7.88. The van der Waals surface area contributed by atoms with Crippen LogP contribution in [0.5, 0.6) is 0 Å². The number of rotatable bonds is 4. The van der Waals surface area contributed by atoms with Crippen molar-refractivity contribution in [3.63, 3.8) is 0 Å². The van der Waals surface area contributed by atoms with E-state index in [1.165, 1.54) is 11.4 Å². The molecule has 1 aliphatic heterocycles. The molecule has 0 radical (unpaired) electrons. The minimum absolute atomic E-state index is 0.140. The standard InChI is InChI=1S/C13H17N3O3S/c1-16(12-7-15-8-13(12)17)20(18,19)9-11-4-2-10(6-14)3-5-11/h2-5,12-13,15,17H,7-9H2,1H3/t12-,13-/m0/s1. The zero-order valence-electron chi connectivity index (χ0n) is 11.2. The van der Waals surface area contributed by atoms with Gasteiger partial charge in [-0.15, -0.1) is 0 Å². The Hall–Kier alpha value is -1.46.